The Morgan fingerprint density at radius 1 is 1.39 bits per heavy atom. The largest absolute Gasteiger partial charge is 0.478 e. The van der Waals surface area contributed by atoms with Crippen LogP contribution in [-0.2, 0) is 9.53 Å². The van der Waals surface area contributed by atoms with Gasteiger partial charge in [-0.05, 0) is 24.3 Å². The normalized spacial score (nSPS) is 12.7. The molecule has 23 heavy (non-hydrogen) atoms. The molecule has 0 bridgehead atoms. The van der Waals surface area contributed by atoms with E-state index in [0.29, 0.717) is 5.69 Å². The van der Waals surface area contributed by atoms with E-state index < -0.39 is 18.1 Å². The van der Waals surface area contributed by atoms with Crippen molar-refractivity contribution in [3.63, 3.8) is 0 Å². The van der Waals surface area contributed by atoms with Gasteiger partial charge in [0, 0.05) is 17.6 Å². The molecule has 0 saturated heterocycles. The molecule has 1 aromatic carbocycles. The molecule has 1 aromatic heterocycles. The van der Waals surface area contributed by atoms with Crippen molar-refractivity contribution in [2.45, 2.75) is 13.1 Å². The molecular formula is C14H13BrN4O4. The Kier molecular flexibility index (Phi) is 5.24. The van der Waals surface area contributed by atoms with Gasteiger partial charge in [0.05, 0.1) is 17.4 Å². The number of esters is 1. The van der Waals surface area contributed by atoms with E-state index in [0.717, 1.165) is 21.5 Å². The van der Waals surface area contributed by atoms with Crippen LogP contribution in [0.25, 0.3) is 0 Å². The highest BCUT2D eigenvalue weighted by molar-refractivity contribution is 9.10. The second-order valence-electron chi connectivity index (χ2n) is 4.49. The van der Waals surface area contributed by atoms with Crippen molar-refractivity contribution in [3.05, 3.63) is 46.7 Å². The Morgan fingerprint density at radius 2 is 2.04 bits per heavy atom. The average Bonchev–Trinajstić information content (AvgIpc) is 2.98. The molecule has 0 spiro atoms. The summed E-state index contributed by atoms with van der Waals surface area (Å²) in [7, 11) is 0. The molecule has 1 unspecified atom stereocenters. The Hall–Kier alpha value is -2.52. The van der Waals surface area contributed by atoms with E-state index >= 15 is 0 Å². The van der Waals surface area contributed by atoms with Crippen LogP contribution in [0.4, 0.5) is 5.69 Å². The molecule has 1 atom stereocenters. The monoisotopic (exact) mass is 380 g/mol. The number of nitrogens with two attached hydrogens (primary N) is 1. The predicted molar refractivity (Wildman–Crippen MR) is 85.4 cm³/mol. The van der Waals surface area contributed by atoms with Gasteiger partial charge in [0.2, 0.25) is 0 Å². The van der Waals surface area contributed by atoms with Crippen LogP contribution >= 0.6 is 15.9 Å². The minimum Gasteiger partial charge on any atom is -0.478 e. The second kappa shape index (κ2) is 7.16. The molecule has 2 rings (SSSR count). The van der Waals surface area contributed by atoms with E-state index in [9.17, 15) is 9.59 Å². The summed E-state index contributed by atoms with van der Waals surface area (Å²) in [6, 6.07) is 7.09. The predicted octanol–water partition coefficient (Wildman–Crippen LogP) is 2.09. The first-order valence-electron chi connectivity index (χ1n) is 6.42. The zero-order chi connectivity index (χ0) is 17.0. The van der Waals surface area contributed by atoms with Gasteiger partial charge in [0.25, 0.3) is 0 Å². The molecule has 0 aliphatic heterocycles. The molecule has 0 aliphatic carbocycles. The first kappa shape index (κ1) is 16.8. The summed E-state index contributed by atoms with van der Waals surface area (Å²) >= 11 is 3.31. The van der Waals surface area contributed by atoms with Crippen molar-refractivity contribution in [2.24, 2.45) is 10.7 Å². The van der Waals surface area contributed by atoms with Crippen LogP contribution in [0.1, 0.15) is 23.4 Å². The maximum Gasteiger partial charge on any atom is 0.352 e. The maximum atomic E-state index is 11.9. The van der Waals surface area contributed by atoms with Gasteiger partial charge >= 0.3 is 11.9 Å². The SMILES string of the molecule is CC(=Nc1ccc(Br)cc1)OC(=O)C(N)n1cc(C(=O)O)cn1. The van der Waals surface area contributed by atoms with Crippen molar-refractivity contribution in [1.82, 2.24) is 9.78 Å². The number of rotatable bonds is 4. The highest BCUT2D eigenvalue weighted by atomic mass is 79.9. The van der Waals surface area contributed by atoms with Gasteiger partial charge in [-0.15, -0.1) is 0 Å². The van der Waals surface area contributed by atoms with E-state index in [-0.39, 0.29) is 11.5 Å². The standard InChI is InChI=1S/C14H13BrN4O4/c1-8(18-11-4-2-10(15)3-5-11)23-14(22)12(16)19-7-9(6-17-19)13(20)21/h2-7,12H,16H2,1H3,(H,20,21). The quantitative estimate of drug-likeness (QED) is 0.476. The van der Waals surface area contributed by atoms with Crippen molar-refractivity contribution >= 4 is 39.5 Å². The number of ether oxygens (including phenoxy) is 1. The summed E-state index contributed by atoms with van der Waals surface area (Å²) in [5.74, 6) is -1.86. The summed E-state index contributed by atoms with van der Waals surface area (Å²) < 4.78 is 6.95. The molecule has 3 N–H and O–H groups in total. The fourth-order valence-electron chi connectivity index (χ4n) is 1.63. The Bertz CT molecular complexity index is 754. The second-order valence-corrected chi connectivity index (χ2v) is 5.40. The third kappa shape index (κ3) is 4.47. The zero-order valence-electron chi connectivity index (χ0n) is 12.0. The number of carboxylic acid groups (broad SMARTS) is 1. The molecule has 0 fully saturated rings. The van der Waals surface area contributed by atoms with Gasteiger partial charge < -0.3 is 15.6 Å². The number of carbonyl (C=O) groups excluding carboxylic acids is 1. The minimum absolute atomic E-state index is 0.0755. The van der Waals surface area contributed by atoms with Crippen molar-refractivity contribution in [2.75, 3.05) is 0 Å². The van der Waals surface area contributed by atoms with Crippen LogP contribution in [-0.4, -0.2) is 32.7 Å². The van der Waals surface area contributed by atoms with E-state index in [1.54, 1.807) is 24.3 Å². The van der Waals surface area contributed by atoms with Crippen molar-refractivity contribution < 1.29 is 19.4 Å². The lowest BCUT2D eigenvalue weighted by atomic mass is 10.3. The molecule has 8 nitrogen and oxygen atoms in total. The van der Waals surface area contributed by atoms with Crippen molar-refractivity contribution in [1.29, 1.82) is 0 Å². The zero-order valence-corrected chi connectivity index (χ0v) is 13.6. The summed E-state index contributed by atoms with van der Waals surface area (Å²) in [6.45, 7) is 1.51. The number of benzene rings is 1. The van der Waals surface area contributed by atoms with Crippen LogP contribution in [0.2, 0.25) is 0 Å². The van der Waals surface area contributed by atoms with Crippen LogP contribution < -0.4 is 5.73 Å². The molecule has 1 heterocycles. The van der Waals surface area contributed by atoms with E-state index in [2.05, 4.69) is 26.0 Å². The fraction of sp³-hybridized carbons (Fsp3) is 0.143. The molecule has 2 aromatic rings. The van der Waals surface area contributed by atoms with Crippen LogP contribution in [0, 0.1) is 0 Å². The first-order chi connectivity index (χ1) is 10.9. The van der Waals surface area contributed by atoms with Gasteiger partial charge in [-0.1, -0.05) is 15.9 Å². The van der Waals surface area contributed by atoms with Crippen LogP contribution in [0.5, 0.6) is 0 Å². The first-order valence-corrected chi connectivity index (χ1v) is 7.21. The topological polar surface area (TPSA) is 120 Å². The third-order valence-electron chi connectivity index (χ3n) is 2.74. The minimum atomic E-state index is -1.27. The lowest BCUT2D eigenvalue weighted by Crippen LogP contribution is -2.31. The average molecular weight is 381 g/mol. The van der Waals surface area contributed by atoms with Gasteiger partial charge in [-0.3, -0.25) is 0 Å². The Morgan fingerprint density at radius 3 is 2.61 bits per heavy atom. The number of nitrogens with zero attached hydrogens (tertiary/aromatic N) is 3. The van der Waals surface area contributed by atoms with E-state index in [1.807, 2.05) is 0 Å². The fourth-order valence-corrected chi connectivity index (χ4v) is 1.90. The number of hydrogen-bond donors (Lipinski definition) is 2. The number of carbonyl (C=O) groups is 2. The molecule has 120 valence electrons. The van der Waals surface area contributed by atoms with Crippen LogP contribution in [0.15, 0.2) is 46.1 Å². The Balaban J connectivity index is 2.04. The number of carboxylic acids is 1. The summed E-state index contributed by atoms with van der Waals surface area (Å²) in [5, 5.41) is 12.5. The molecule has 0 saturated carbocycles. The lowest BCUT2D eigenvalue weighted by Gasteiger charge is -2.11. The maximum absolute atomic E-state index is 11.9. The van der Waals surface area contributed by atoms with E-state index in [1.165, 1.54) is 6.92 Å². The Labute approximate surface area is 139 Å². The number of halogens is 1. The molecule has 9 heteroatoms. The molecule has 0 aliphatic rings. The third-order valence-corrected chi connectivity index (χ3v) is 3.27. The van der Waals surface area contributed by atoms with Gasteiger partial charge in [-0.2, -0.15) is 5.10 Å². The lowest BCUT2D eigenvalue weighted by molar-refractivity contribution is -0.139. The van der Waals surface area contributed by atoms with Crippen LogP contribution in [0.3, 0.4) is 0 Å². The number of hydrogen-bond acceptors (Lipinski definition) is 6. The van der Waals surface area contributed by atoms with Gasteiger partial charge in [0.1, 0.15) is 0 Å². The smallest absolute Gasteiger partial charge is 0.352 e. The summed E-state index contributed by atoms with van der Waals surface area (Å²) in [6.07, 6.45) is 0.978. The highest BCUT2D eigenvalue weighted by Crippen LogP contribution is 2.17. The van der Waals surface area contributed by atoms with Crippen molar-refractivity contribution in [3.8, 4) is 0 Å². The van der Waals surface area contributed by atoms with E-state index in [4.69, 9.17) is 15.6 Å². The number of aromatic carboxylic acids is 1. The highest BCUT2D eigenvalue weighted by Gasteiger charge is 2.20. The summed E-state index contributed by atoms with van der Waals surface area (Å²) in [5.41, 5.74) is 6.22. The molecule has 0 amide bonds. The number of aliphatic imine (C=N–C) groups is 1. The molecular weight excluding hydrogens is 368 g/mol. The number of aromatic nitrogens is 2. The molecule has 0 radical (unpaired) electrons. The van der Waals surface area contributed by atoms with Gasteiger partial charge in [-0.25, -0.2) is 19.3 Å². The van der Waals surface area contributed by atoms with Gasteiger partial charge in [0.15, 0.2) is 12.1 Å². The summed E-state index contributed by atoms with van der Waals surface area (Å²) in [4.78, 5) is 26.8.